The molecule has 1 amide bonds. The second kappa shape index (κ2) is 8.56. The van der Waals surface area contributed by atoms with Gasteiger partial charge >= 0.3 is 0 Å². The monoisotopic (exact) mass is 455 g/mol. The predicted octanol–water partition coefficient (Wildman–Crippen LogP) is 1.92. The molecule has 1 aromatic heterocycles. The molecule has 9 nitrogen and oxygen atoms in total. The van der Waals surface area contributed by atoms with E-state index in [-0.39, 0.29) is 40.8 Å². The van der Waals surface area contributed by atoms with Gasteiger partial charge in [-0.05, 0) is 25.1 Å². The van der Waals surface area contributed by atoms with Gasteiger partial charge in [-0.1, -0.05) is 11.6 Å². The Kier molecular flexibility index (Phi) is 6.03. The Bertz CT molecular complexity index is 1050. The quantitative estimate of drug-likeness (QED) is 0.684. The van der Waals surface area contributed by atoms with Crippen LogP contribution in [-0.2, 0) is 19.6 Å². The van der Waals surface area contributed by atoms with Gasteiger partial charge in [0, 0.05) is 25.7 Å². The van der Waals surface area contributed by atoms with Crippen molar-refractivity contribution >= 4 is 33.2 Å². The molecule has 11 heteroatoms. The van der Waals surface area contributed by atoms with E-state index in [0.717, 1.165) is 5.76 Å². The molecule has 0 saturated carbocycles. The van der Waals surface area contributed by atoms with Crippen molar-refractivity contribution in [3.05, 3.63) is 40.8 Å². The summed E-state index contributed by atoms with van der Waals surface area (Å²) < 4.78 is 45.2. The number of nitrogens with zero attached hydrogens (tertiary/aromatic N) is 1. The minimum Gasteiger partial charge on any atom is -0.482 e. The normalized spacial score (nSPS) is 18.4. The summed E-state index contributed by atoms with van der Waals surface area (Å²) in [5.41, 5.74) is 0.340. The number of ether oxygens (including phenoxy) is 2. The van der Waals surface area contributed by atoms with Crippen molar-refractivity contribution < 1.29 is 27.1 Å². The third kappa shape index (κ3) is 4.47. The molecule has 2 aliphatic rings. The smallest absolute Gasteiger partial charge is 0.262 e. The third-order valence-corrected chi connectivity index (χ3v) is 6.89. The number of nitrogens with one attached hydrogen (secondary N) is 2. The average Bonchev–Trinajstić information content (AvgIpc) is 3.14. The molecule has 0 bridgehead atoms. The highest BCUT2D eigenvalue weighted by molar-refractivity contribution is 7.89. The zero-order chi connectivity index (χ0) is 21.3. The first-order chi connectivity index (χ1) is 14.3. The first kappa shape index (κ1) is 21.1. The summed E-state index contributed by atoms with van der Waals surface area (Å²) in [6.07, 6.45) is 0. The number of halogens is 1. The van der Waals surface area contributed by atoms with Crippen LogP contribution in [0.3, 0.4) is 0 Å². The molecule has 3 heterocycles. The molecule has 1 saturated heterocycles. The second-order valence-electron chi connectivity index (χ2n) is 7.08. The summed E-state index contributed by atoms with van der Waals surface area (Å²) in [5.74, 6) is 1.36. The third-order valence-electron chi connectivity index (χ3n) is 5.00. The van der Waals surface area contributed by atoms with Crippen LogP contribution in [0.5, 0.6) is 5.75 Å². The van der Waals surface area contributed by atoms with Crippen LogP contribution in [0.1, 0.15) is 17.6 Å². The maximum absolute atomic E-state index is 13.0. The number of benzene rings is 1. The molecule has 30 heavy (non-hydrogen) atoms. The van der Waals surface area contributed by atoms with Crippen LogP contribution in [0.25, 0.3) is 0 Å². The Balaban J connectivity index is 1.56. The molecule has 0 radical (unpaired) electrons. The summed E-state index contributed by atoms with van der Waals surface area (Å²) in [4.78, 5) is 13.5. The fourth-order valence-electron chi connectivity index (χ4n) is 3.49. The Labute approximate surface area is 179 Å². The van der Waals surface area contributed by atoms with Gasteiger partial charge in [-0.25, -0.2) is 13.1 Å². The van der Waals surface area contributed by atoms with Crippen molar-refractivity contribution in [1.29, 1.82) is 0 Å². The van der Waals surface area contributed by atoms with Crippen molar-refractivity contribution in [2.24, 2.45) is 0 Å². The summed E-state index contributed by atoms with van der Waals surface area (Å²) in [6.45, 7) is 4.23. The number of carbonyl (C=O) groups excluding carboxylic acids is 1. The van der Waals surface area contributed by atoms with Gasteiger partial charge in [0.15, 0.2) is 6.61 Å². The lowest BCUT2D eigenvalue weighted by Gasteiger charge is -2.33. The number of amides is 1. The summed E-state index contributed by atoms with van der Waals surface area (Å²) >= 11 is 6.21. The molecule has 2 aromatic rings. The van der Waals surface area contributed by atoms with Gasteiger partial charge in [0.25, 0.3) is 5.91 Å². The Morgan fingerprint density at radius 2 is 2.03 bits per heavy atom. The maximum Gasteiger partial charge on any atom is 0.262 e. The predicted molar refractivity (Wildman–Crippen MR) is 109 cm³/mol. The molecule has 2 aliphatic heterocycles. The topological polar surface area (TPSA) is 110 Å². The standard InChI is InChI=1S/C19H22ClN3O6S/c1-12-2-3-16(29-12)15(23-4-6-27-7-5-23)10-21-30(25,26)18-9-17-14(8-13(18)20)22-19(24)11-28-17/h2-3,8-9,15,21H,4-7,10-11H2,1H3,(H,22,24). The van der Waals surface area contributed by atoms with E-state index in [1.54, 1.807) is 0 Å². The van der Waals surface area contributed by atoms with Crippen LogP contribution in [-0.4, -0.2) is 58.7 Å². The van der Waals surface area contributed by atoms with Gasteiger partial charge < -0.3 is 19.2 Å². The molecule has 162 valence electrons. The highest BCUT2D eigenvalue weighted by atomic mass is 35.5. The maximum atomic E-state index is 13.0. The van der Waals surface area contributed by atoms with Gasteiger partial charge in [0.2, 0.25) is 10.0 Å². The van der Waals surface area contributed by atoms with Crippen LogP contribution < -0.4 is 14.8 Å². The van der Waals surface area contributed by atoms with Crippen LogP contribution in [0.2, 0.25) is 5.02 Å². The lowest BCUT2D eigenvalue weighted by Crippen LogP contribution is -2.43. The molecule has 1 aromatic carbocycles. The van der Waals surface area contributed by atoms with E-state index in [9.17, 15) is 13.2 Å². The average molecular weight is 456 g/mol. The first-order valence-electron chi connectivity index (χ1n) is 9.47. The number of carbonyl (C=O) groups is 1. The number of morpholine rings is 1. The molecule has 1 unspecified atom stereocenters. The van der Waals surface area contributed by atoms with Crippen LogP contribution in [0, 0.1) is 6.92 Å². The molecule has 4 rings (SSSR count). The van der Waals surface area contributed by atoms with Crippen LogP contribution in [0.4, 0.5) is 5.69 Å². The van der Waals surface area contributed by atoms with Crippen molar-refractivity contribution in [3.8, 4) is 5.75 Å². The fraction of sp³-hybridized carbons (Fsp3) is 0.421. The highest BCUT2D eigenvalue weighted by Gasteiger charge is 2.29. The van der Waals surface area contributed by atoms with E-state index < -0.39 is 10.0 Å². The van der Waals surface area contributed by atoms with Gasteiger partial charge in [-0.2, -0.15) is 0 Å². The first-order valence-corrected chi connectivity index (χ1v) is 11.3. The van der Waals surface area contributed by atoms with Gasteiger partial charge in [0.1, 0.15) is 22.2 Å². The summed E-state index contributed by atoms with van der Waals surface area (Å²) in [6, 6.07) is 6.11. The highest BCUT2D eigenvalue weighted by Crippen LogP contribution is 2.35. The molecule has 0 spiro atoms. The van der Waals surface area contributed by atoms with Crippen LogP contribution >= 0.6 is 11.6 Å². The van der Waals surface area contributed by atoms with E-state index in [1.165, 1.54) is 12.1 Å². The van der Waals surface area contributed by atoms with Gasteiger partial charge in [0.05, 0.1) is 30.0 Å². The van der Waals surface area contributed by atoms with E-state index >= 15 is 0 Å². The fourth-order valence-corrected chi connectivity index (χ4v) is 5.06. The number of anilines is 1. The number of hydrogen-bond acceptors (Lipinski definition) is 7. The molecule has 2 N–H and O–H groups in total. The SMILES string of the molecule is Cc1ccc(C(CNS(=O)(=O)c2cc3c(cc2Cl)NC(=O)CO3)N2CCOCC2)o1. The Morgan fingerprint density at radius 3 is 2.73 bits per heavy atom. The minimum atomic E-state index is -3.95. The van der Waals surface area contributed by atoms with Crippen LogP contribution in [0.15, 0.2) is 33.6 Å². The largest absolute Gasteiger partial charge is 0.482 e. The van der Waals surface area contributed by atoms with Gasteiger partial charge in [-0.15, -0.1) is 0 Å². The van der Waals surface area contributed by atoms with E-state index in [0.29, 0.717) is 37.8 Å². The lowest BCUT2D eigenvalue weighted by atomic mass is 10.2. The summed E-state index contributed by atoms with van der Waals surface area (Å²) in [7, 11) is -3.95. The molecule has 1 atom stereocenters. The lowest BCUT2D eigenvalue weighted by molar-refractivity contribution is -0.118. The molecular formula is C19H22ClN3O6S. The number of rotatable bonds is 6. The molecule has 0 aliphatic carbocycles. The number of hydrogen-bond donors (Lipinski definition) is 2. The molecule has 1 fully saturated rings. The minimum absolute atomic E-state index is 0.0104. The summed E-state index contributed by atoms with van der Waals surface area (Å²) in [5, 5.41) is 2.59. The Hall–Kier alpha value is -2.11. The van der Waals surface area contributed by atoms with E-state index in [4.69, 9.17) is 25.5 Å². The second-order valence-corrected chi connectivity index (χ2v) is 9.22. The zero-order valence-corrected chi connectivity index (χ0v) is 17.9. The number of sulfonamides is 1. The zero-order valence-electron chi connectivity index (χ0n) is 16.3. The number of fused-ring (bicyclic) bond motifs is 1. The van der Waals surface area contributed by atoms with Crippen molar-refractivity contribution in [1.82, 2.24) is 9.62 Å². The Morgan fingerprint density at radius 1 is 1.27 bits per heavy atom. The van der Waals surface area contributed by atoms with Gasteiger partial charge in [-0.3, -0.25) is 9.69 Å². The van der Waals surface area contributed by atoms with E-state index in [1.807, 2.05) is 19.1 Å². The number of furan rings is 1. The van der Waals surface area contributed by atoms with Crippen molar-refractivity contribution in [2.45, 2.75) is 17.9 Å². The van der Waals surface area contributed by atoms with Crippen molar-refractivity contribution in [2.75, 3.05) is 44.8 Å². The number of aryl methyl sites for hydroxylation is 1. The van der Waals surface area contributed by atoms with Crippen molar-refractivity contribution in [3.63, 3.8) is 0 Å². The van der Waals surface area contributed by atoms with E-state index in [2.05, 4.69) is 14.9 Å². The molecular weight excluding hydrogens is 434 g/mol.